The molecule has 0 aliphatic carbocycles. The second-order valence-corrected chi connectivity index (χ2v) is 10.3. The van der Waals surface area contributed by atoms with Crippen LogP contribution in [0.25, 0.3) is 11.1 Å². The van der Waals surface area contributed by atoms with E-state index < -0.39 is 11.0 Å². The summed E-state index contributed by atoms with van der Waals surface area (Å²) in [4.78, 5) is 12.1. The predicted octanol–water partition coefficient (Wildman–Crippen LogP) is 4.91. The van der Waals surface area contributed by atoms with E-state index in [0.29, 0.717) is 19.4 Å². The van der Waals surface area contributed by atoms with E-state index in [-0.39, 0.29) is 22.7 Å². The fraction of sp³-hybridized carbons (Fsp3) is 0.458. The standard InChI is InChI=1S/C24H33NO3S/c1-6-28-23(26)18(2)16-22(25-29(27)24(3,4)5)17-19-12-14-21(15-13-19)20-10-8-7-9-11-20/h7-15,18,22,25H,6,16-17H2,1-5H3/t18?,22?,29-/m0/s1. The van der Waals surface area contributed by atoms with Crippen molar-refractivity contribution in [3.8, 4) is 11.1 Å². The molecule has 0 amide bonds. The van der Waals surface area contributed by atoms with Crippen LogP contribution in [0.15, 0.2) is 54.6 Å². The lowest BCUT2D eigenvalue weighted by atomic mass is 9.95. The summed E-state index contributed by atoms with van der Waals surface area (Å²) >= 11 is 0. The number of nitrogens with one attached hydrogen (secondary N) is 1. The number of hydrogen-bond acceptors (Lipinski definition) is 3. The highest BCUT2D eigenvalue weighted by Gasteiger charge is 2.26. The molecular formula is C24H33NO3S. The summed E-state index contributed by atoms with van der Waals surface area (Å²) in [6.07, 6.45) is 1.27. The molecule has 1 N–H and O–H groups in total. The topological polar surface area (TPSA) is 55.4 Å². The Morgan fingerprint density at radius 1 is 1.03 bits per heavy atom. The average Bonchev–Trinajstić information content (AvgIpc) is 2.68. The van der Waals surface area contributed by atoms with E-state index in [2.05, 4.69) is 41.1 Å². The van der Waals surface area contributed by atoms with Crippen LogP contribution in [0.3, 0.4) is 0 Å². The molecule has 0 aliphatic heterocycles. The molecule has 0 spiro atoms. The third-order valence-electron chi connectivity index (χ3n) is 4.70. The van der Waals surface area contributed by atoms with E-state index in [9.17, 15) is 9.00 Å². The van der Waals surface area contributed by atoms with Crippen LogP contribution in [0.4, 0.5) is 0 Å². The maximum Gasteiger partial charge on any atom is 0.308 e. The Hall–Kier alpha value is -1.98. The molecule has 5 heteroatoms. The highest BCUT2D eigenvalue weighted by Crippen LogP contribution is 2.21. The van der Waals surface area contributed by atoms with Crippen molar-refractivity contribution in [2.24, 2.45) is 5.92 Å². The second-order valence-electron chi connectivity index (χ2n) is 8.35. The zero-order valence-electron chi connectivity index (χ0n) is 18.1. The number of ether oxygens (including phenoxy) is 1. The van der Waals surface area contributed by atoms with Gasteiger partial charge in [0.1, 0.15) is 0 Å². The summed E-state index contributed by atoms with van der Waals surface area (Å²) in [6, 6.07) is 18.6. The third kappa shape index (κ3) is 7.41. The monoisotopic (exact) mass is 415 g/mol. The highest BCUT2D eigenvalue weighted by molar-refractivity contribution is 7.84. The molecular weight excluding hydrogens is 382 g/mol. The van der Waals surface area contributed by atoms with E-state index in [1.807, 2.05) is 52.8 Å². The van der Waals surface area contributed by atoms with Crippen molar-refractivity contribution in [3.05, 3.63) is 60.2 Å². The lowest BCUT2D eigenvalue weighted by Crippen LogP contribution is -2.42. The fourth-order valence-corrected chi connectivity index (χ4v) is 3.89. The lowest BCUT2D eigenvalue weighted by molar-refractivity contribution is -0.147. The van der Waals surface area contributed by atoms with Crippen molar-refractivity contribution in [1.82, 2.24) is 4.72 Å². The molecule has 0 heterocycles. The molecule has 4 nitrogen and oxygen atoms in total. The van der Waals surface area contributed by atoms with E-state index in [4.69, 9.17) is 4.74 Å². The smallest absolute Gasteiger partial charge is 0.308 e. The maximum atomic E-state index is 12.7. The largest absolute Gasteiger partial charge is 0.466 e. The van der Waals surface area contributed by atoms with Crippen LogP contribution < -0.4 is 4.72 Å². The van der Waals surface area contributed by atoms with Gasteiger partial charge >= 0.3 is 5.97 Å². The first-order valence-electron chi connectivity index (χ1n) is 10.2. The minimum atomic E-state index is -1.21. The van der Waals surface area contributed by atoms with Gasteiger partial charge in [-0.05, 0) is 57.2 Å². The normalized spacial score (nSPS) is 14.8. The predicted molar refractivity (Wildman–Crippen MR) is 121 cm³/mol. The third-order valence-corrected chi connectivity index (χ3v) is 6.36. The van der Waals surface area contributed by atoms with Crippen LogP contribution in [-0.4, -0.2) is 27.6 Å². The molecule has 0 aliphatic rings. The van der Waals surface area contributed by atoms with E-state index >= 15 is 0 Å². The fourth-order valence-electron chi connectivity index (χ4n) is 3.06. The first-order valence-corrected chi connectivity index (χ1v) is 11.3. The van der Waals surface area contributed by atoms with Crippen LogP contribution in [0.5, 0.6) is 0 Å². The Morgan fingerprint density at radius 3 is 2.17 bits per heavy atom. The van der Waals surface area contributed by atoms with E-state index in [1.165, 1.54) is 5.56 Å². The Balaban J connectivity index is 2.13. The first kappa shape index (κ1) is 23.3. The molecule has 0 saturated heterocycles. The second kappa shape index (κ2) is 10.7. The molecule has 0 aromatic heterocycles. The molecule has 0 fully saturated rings. The summed E-state index contributed by atoms with van der Waals surface area (Å²) in [6.45, 7) is 9.87. The van der Waals surface area contributed by atoms with Crippen molar-refractivity contribution >= 4 is 17.0 Å². The van der Waals surface area contributed by atoms with Gasteiger partial charge in [-0.1, -0.05) is 61.5 Å². The van der Waals surface area contributed by atoms with Crippen molar-refractivity contribution < 1.29 is 13.7 Å². The van der Waals surface area contributed by atoms with Crippen LogP contribution in [0.2, 0.25) is 0 Å². The molecule has 0 radical (unpaired) electrons. The minimum Gasteiger partial charge on any atom is -0.466 e. The molecule has 158 valence electrons. The van der Waals surface area contributed by atoms with Gasteiger partial charge in [-0.15, -0.1) is 0 Å². The molecule has 2 rings (SSSR count). The van der Waals surface area contributed by atoms with Crippen LogP contribution >= 0.6 is 0 Å². The van der Waals surface area contributed by atoms with Crippen LogP contribution in [-0.2, 0) is 26.9 Å². The minimum absolute atomic E-state index is 0.0861. The summed E-state index contributed by atoms with van der Waals surface area (Å²) < 4.78 is 20.7. The van der Waals surface area contributed by atoms with Gasteiger partial charge in [0.2, 0.25) is 0 Å². The average molecular weight is 416 g/mol. The molecule has 3 atom stereocenters. The van der Waals surface area contributed by atoms with E-state index in [0.717, 1.165) is 11.1 Å². The molecule has 2 aromatic carbocycles. The van der Waals surface area contributed by atoms with Crippen molar-refractivity contribution in [2.75, 3.05) is 6.61 Å². The van der Waals surface area contributed by atoms with Gasteiger partial charge in [0.25, 0.3) is 0 Å². The Labute approximate surface area is 177 Å². The van der Waals surface area contributed by atoms with Crippen LogP contribution in [0, 0.1) is 5.92 Å². The summed E-state index contributed by atoms with van der Waals surface area (Å²) in [5.74, 6) is -0.465. The SMILES string of the molecule is CCOC(=O)C(C)CC(Cc1ccc(-c2ccccc2)cc1)N[S@@](=O)C(C)(C)C. The molecule has 29 heavy (non-hydrogen) atoms. The molecule has 2 aromatic rings. The van der Waals surface area contributed by atoms with Gasteiger partial charge in [-0.25, -0.2) is 8.93 Å². The number of esters is 1. The quantitative estimate of drug-likeness (QED) is 0.592. The zero-order chi connectivity index (χ0) is 21.4. The number of hydrogen-bond donors (Lipinski definition) is 1. The Bertz CT molecular complexity index is 797. The number of carbonyl (C=O) groups excluding carboxylic acids is 1. The lowest BCUT2D eigenvalue weighted by Gasteiger charge is -2.26. The van der Waals surface area contributed by atoms with Gasteiger partial charge in [0.15, 0.2) is 0 Å². The van der Waals surface area contributed by atoms with E-state index in [1.54, 1.807) is 0 Å². The summed E-state index contributed by atoms with van der Waals surface area (Å²) in [5, 5.41) is 0. The zero-order valence-corrected chi connectivity index (χ0v) is 18.9. The van der Waals surface area contributed by atoms with Gasteiger partial charge in [-0.2, -0.15) is 0 Å². The number of benzene rings is 2. The summed E-state index contributed by atoms with van der Waals surface area (Å²) in [5.41, 5.74) is 3.49. The van der Waals surface area contributed by atoms with Gasteiger partial charge in [0.05, 0.1) is 28.3 Å². The highest BCUT2D eigenvalue weighted by atomic mass is 32.2. The maximum absolute atomic E-state index is 12.7. The molecule has 2 unspecified atom stereocenters. The Kier molecular flexibility index (Phi) is 8.60. The number of rotatable bonds is 9. The van der Waals surface area contributed by atoms with Gasteiger partial charge in [0, 0.05) is 6.04 Å². The van der Waals surface area contributed by atoms with Crippen molar-refractivity contribution in [2.45, 2.75) is 58.2 Å². The number of carbonyl (C=O) groups is 1. The Morgan fingerprint density at radius 2 is 1.62 bits per heavy atom. The first-order chi connectivity index (χ1) is 13.7. The van der Waals surface area contributed by atoms with Crippen LogP contribution in [0.1, 0.15) is 46.6 Å². The van der Waals surface area contributed by atoms with Crippen molar-refractivity contribution in [3.63, 3.8) is 0 Å². The molecule has 0 saturated carbocycles. The van der Waals surface area contributed by atoms with Crippen molar-refractivity contribution in [1.29, 1.82) is 0 Å². The summed E-state index contributed by atoms with van der Waals surface area (Å²) in [7, 11) is -1.21. The van der Waals surface area contributed by atoms with Gasteiger partial charge in [-0.3, -0.25) is 4.79 Å². The molecule has 0 bridgehead atoms. The van der Waals surface area contributed by atoms with Gasteiger partial charge < -0.3 is 4.74 Å².